The molecule has 0 rings (SSSR count). The van der Waals surface area contributed by atoms with Crippen LogP contribution >= 0.6 is 0 Å². The van der Waals surface area contributed by atoms with E-state index in [1.54, 1.807) is 0 Å². The van der Waals surface area contributed by atoms with E-state index in [1.165, 1.54) is 57.8 Å². The molecule has 5 nitrogen and oxygen atoms in total. The third kappa shape index (κ3) is 22.4. The van der Waals surface area contributed by atoms with Crippen LogP contribution in [-0.4, -0.2) is 31.3 Å². The van der Waals surface area contributed by atoms with Crippen LogP contribution in [0.15, 0.2) is 0 Å². The third-order valence-corrected chi connectivity index (χ3v) is 4.52. The number of ether oxygens (including phenoxy) is 1. The van der Waals surface area contributed by atoms with E-state index in [4.69, 9.17) is 4.74 Å². The fourth-order valence-corrected chi connectivity index (χ4v) is 2.83. The van der Waals surface area contributed by atoms with Gasteiger partial charge in [-0.3, -0.25) is 4.79 Å². The Morgan fingerprint density at radius 3 is 1.67 bits per heavy atom. The van der Waals surface area contributed by atoms with Crippen molar-refractivity contribution in [1.82, 2.24) is 0 Å². The van der Waals surface area contributed by atoms with Crippen molar-refractivity contribution in [3.05, 3.63) is 0 Å². The summed E-state index contributed by atoms with van der Waals surface area (Å²) < 4.78 is 36.0. The van der Waals surface area contributed by atoms with Crippen LogP contribution < -0.4 is 29.6 Å². The van der Waals surface area contributed by atoms with Crippen LogP contribution in [0.25, 0.3) is 0 Å². The molecule has 0 aliphatic heterocycles. The fourth-order valence-electron chi connectivity index (χ4n) is 2.41. The van der Waals surface area contributed by atoms with E-state index >= 15 is 0 Å². The van der Waals surface area contributed by atoms with Crippen LogP contribution in [0.4, 0.5) is 0 Å². The molecule has 0 bridgehead atoms. The van der Waals surface area contributed by atoms with Gasteiger partial charge in [0.05, 0.1) is 23.1 Å². The SMILES string of the molecule is CCCCCCCCCCCCCCOC(=O)CCS(=O)(=O)[O-].[Na+]. The summed E-state index contributed by atoms with van der Waals surface area (Å²) in [7, 11) is -4.33. The molecule has 0 fully saturated rings. The van der Waals surface area contributed by atoms with Gasteiger partial charge in [-0.1, -0.05) is 77.6 Å². The van der Waals surface area contributed by atoms with Gasteiger partial charge in [0.25, 0.3) is 0 Å². The van der Waals surface area contributed by atoms with Crippen LogP contribution in [0.3, 0.4) is 0 Å². The predicted molar refractivity (Wildman–Crippen MR) is 91.2 cm³/mol. The standard InChI is InChI=1S/C17H34O5S.Na/c1-2-3-4-5-6-7-8-9-10-11-12-13-15-22-17(18)14-16-23(19,20)21;/h2-16H2,1H3,(H,19,20,21);/q;+1/p-1. The molecule has 0 N–H and O–H groups in total. The molecule has 24 heavy (non-hydrogen) atoms. The maximum atomic E-state index is 11.2. The predicted octanol–water partition coefficient (Wildman–Crippen LogP) is 1.17. The summed E-state index contributed by atoms with van der Waals surface area (Å²) in [6.45, 7) is 2.55. The Morgan fingerprint density at radius 2 is 1.25 bits per heavy atom. The molecule has 0 radical (unpaired) electrons. The van der Waals surface area contributed by atoms with E-state index in [2.05, 4.69) is 6.92 Å². The van der Waals surface area contributed by atoms with Crippen molar-refractivity contribution < 1.29 is 52.1 Å². The molecular formula is C17H33NaO5S. The number of hydrogen-bond acceptors (Lipinski definition) is 5. The molecule has 0 atom stereocenters. The number of rotatable bonds is 16. The molecule has 7 heteroatoms. The zero-order valence-electron chi connectivity index (χ0n) is 15.6. The average Bonchev–Trinajstić information content (AvgIpc) is 2.49. The number of carbonyl (C=O) groups is 1. The zero-order valence-corrected chi connectivity index (χ0v) is 18.4. The zero-order chi connectivity index (χ0) is 17.4. The molecule has 0 aromatic carbocycles. The average molecular weight is 373 g/mol. The van der Waals surface area contributed by atoms with Crippen LogP contribution in [0.1, 0.15) is 90.4 Å². The first-order chi connectivity index (χ1) is 11.0. The maximum Gasteiger partial charge on any atom is 1.00 e. The van der Waals surface area contributed by atoms with Gasteiger partial charge >= 0.3 is 35.5 Å². The topological polar surface area (TPSA) is 83.5 Å². The van der Waals surface area contributed by atoms with E-state index in [1.807, 2.05) is 0 Å². The molecule has 0 aliphatic carbocycles. The Balaban J connectivity index is 0. The Hall–Kier alpha value is 0.380. The number of esters is 1. The first-order valence-electron chi connectivity index (χ1n) is 9.05. The maximum absolute atomic E-state index is 11.2. The minimum atomic E-state index is -4.33. The number of carbonyl (C=O) groups excluding carboxylic acids is 1. The Kier molecular flexibility index (Phi) is 20.2. The van der Waals surface area contributed by atoms with Crippen molar-refractivity contribution in [3.63, 3.8) is 0 Å². The second-order valence-corrected chi connectivity index (χ2v) is 7.64. The van der Waals surface area contributed by atoms with Crippen molar-refractivity contribution in [2.24, 2.45) is 0 Å². The van der Waals surface area contributed by atoms with Crippen LogP contribution in [-0.2, 0) is 19.6 Å². The summed E-state index contributed by atoms with van der Waals surface area (Å²) >= 11 is 0. The van der Waals surface area contributed by atoms with Crippen molar-refractivity contribution in [2.45, 2.75) is 90.4 Å². The normalized spacial score (nSPS) is 11.1. The van der Waals surface area contributed by atoms with Gasteiger partial charge in [-0.05, 0) is 6.42 Å². The summed E-state index contributed by atoms with van der Waals surface area (Å²) in [5.74, 6) is -1.28. The summed E-state index contributed by atoms with van der Waals surface area (Å²) in [5, 5.41) is 0. The summed E-state index contributed by atoms with van der Waals surface area (Å²) in [6, 6.07) is 0. The first-order valence-corrected chi connectivity index (χ1v) is 10.6. The van der Waals surface area contributed by atoms with Gasteiger partial charge in [0.1, 0.15) is 0 Å². The van der Waals surface area contributed by atoms with Gasteiger partial charge < -0.3 is 9.29 Å². The molecule has 0 aromatic rings. The molecule has 0 aliphatic rings. The molecule has 0 heterocycles. The van der Waals surface area contributed by atoms with E-state index < -0.39 is 21.8 Å². The molecular weight excluding hydrogens is 339 g/mol. The summed E-state index contributed by atoms with van der Waals surface area (Å²) in [5.41, 5.74) is 0. The first kappa shape index (κ1) is 26.6. The molecule has 0 saturated carbocycles. The van der Waals surface area contributed by atoms with Crippen LogP contribution in [0.5, 0.6) is 0 Å². The van der Waals surface area contributed by atoms with Gasteiger partial charge in [-0.15, -0.1) is 0 Å². The largest absolute Gasteiger partial charge is 1.00 e. The van der Waals surface area contributed by atoms with Gasteiger partial charge in [-0.25, -0.2) is 8.42 Å². The van der Waals surface area contributed by atoms with Crippen molar-refractivity contribution in [2.75, 3.05) is 12.4 Å². The minimum absolute atomic E-state index is 0. The second kappa shape index (κ2) is 18.2. The summed E-state index contributed by atoms with van der Waals surface area (Å²) in [6.07, 6.45) is 14.5. The van der Waals surface area contributed by atoms with Crippen LogP contribution in [0.2, 0.25) is 0 Å². The molecule has 0 amide bonds. The molecule has 0 aromatic heterocycles. The molecule has 138 valence electrons. The van der Waals surface area contributed by atoms with Gasteiger partial charge in [0, 0.05) is 5.75 Å². The molecule has 0 spiro atoms. The van der Waals surface area contributed by atoms with Crippen molar-refractivity contribution in [3.8, 4) is 0 Å². The number of hydrogen-bond donors (Lipinski definition) is 0. The van der Waals surface area contributed by atoms with Crippen molar-refractivity contribution >= 4 is 16.1 Å². The van der Waals surface area contributed by atoms with Gasteiger partial charge in [0.15, 0.2) is 0 Å². The Morgan fingerprint density at radius 1 is 0.833 bits per heavy atom. The Bertz CT molecular complexity index is 384. The summed E-state index contributed by atoms with van der Waals surface area (Å²) in [4.78, 5) is 11.2. The molecule has 0 saturated heterocycles. The van der Waals surface area contributed by atoms with Crippen molar-refractivity contribution in [1.29, 1.82) is 0 Å². The van der Waals surface area contributed by atoms with Gasteiger partial charge in [-0.2, -0.15) is 0 Å². The molecule has 0 unspecified atom stereocenters. The Labute approximate surface area is 170 Å². The van der Waals surface area contributed by atoms with Crippen LogP contribution in [0, 0.1) is 0 Å². The monoisotopic (exact) mass is 372 g/mol. The second-order valence-electron chi connectivity index (χ2n) is 6.12. The smallest absolute Gasteiger partial charge is 0.748 e. The van der Waals surface area contributed by atoms with E-state index in [9.17, 15) is 17.8 Å². The van der Waals surface area contributed by atoms with E-state index in [0.717, 1.165) is 19.3 Å². The van der Waals surface area contributed by atoms with E-state index in [0.29, 0.717) is 6.61 Å². The minimum Gasteiger partial charge on any atom is -0.748 e. The van der Waals surface area contributed by atoms with E-state index in [-0.39, 0.29) is 36.0 Å². The third-order valence-electron chi connectivity index (χ3n) is 3.82. The fraction of sp³-hybridized carbons (Fsp3) is 0.941. The number of unbranched alkanes of at least 4 members (excludes halogenated alkanes) is 11. The quantitative estimate of drug-likeness (QED) is 0.176. The van der Waals surface area contributed by atoms with Gasteiger partial charge in [0.2, 0.25) is 0 Å².